The Morgan fingerprint density at radius 1 is 1.29 bits per heavy atom. The molecule has 0 aliphatic carbocycles. The quantitative estimate of drug-likeness (QED) is 0.809. The van der Waals surface area contributed by atoms with Gasteiger partial charge in [0.1, 0.15) is 0 Å². The second kappa shape index (κ2) is 4.94. The molecule has 0 bridgehead atoms. The summed E-state index contributed by atoms with van der Waals surface area (Å²) in [6, 6.07) is 0. The zero-order valence-electron chi connectivity index (χ0n) is 10.4. The molecule has 0 N–H and O–H groups in total. The summed E-state index contributed by atoms with van der Waals surface area (Å²) in [7, 11) is 0. The average Bonchev–Trinajstić information content (AvgIpc) is 2.98. The summed E-state index contributed by atoms with van der Waals surface area (Å²) in [5.41, 5.74) is 0. The third-order valence-electron chi connectivity index (χ3n) is 4.04. The van der Waals surface area contributed by atoms with Crippen molar-refractivity contribution in [3.05, 3.63) is 11.1 Å². The first kappa shape index (κ1) is 11.5. The van der Waals surface area contributed by atoms with Gasteiger partial charge >= 0.3 is 0 Å². The SMILES string of the molecule is Cc1cnc(N2CCC(C3CCOCC3)C2)s1. The van der Waals surface area contributed by atoms with Crippen LogP contribution >= 0.6 is 11.3 Å². The van der Waals surface area contributed by atoms with Gasteiger partial charge in [-0.25, -0.2) is 4.98 Å². The highest BCUT2D eigenvalue weighted by Crippen LogP contribution is 2.34. The lowest BCUT2D eigenvalue weighted by Gasteiger charge is -2.27. The zero-order valence-corrected chi connectivity index (χ0v) is 11.2. The van der Waals surface area contributed by atoms with E-state index in [0.29, 0.717) is 0 Å². The van der Waals surface area contributed by atoms with E-state index in [4.69, 9.17) is 4.74 Å². The van der Waals surface area contributed by atoms with Crippen molar-refractivity contribution >= 4 is 16.5 Å². The van der Waals surface area contributed by atoms with Crippen LogP contribution in [0.1, 0.15) is 24.1 Å². The number of aromatic nitrogens is 1. The first-order chi connectivity index (χ1) is 8.33. The van der Waals surface area contributed by atoms with Crippen molar-refractivity contribution in [2.45, 2.75) is 26.2 Å². The number of ether oxygens (including phenoxy) is 1. The van der Waals surface area contributed by atoms with Crippen LogP contribution in [0.5, 0.6) is 0 Å². The van der Waals surface area contributed by atoms with Crippen LogP contribution in [0.2, 0.25) is 0 Å². The van der Waals surface area contributed by atoms with Gasteiger partial charge in [-0.3, -0.25) is 0 Å². The summed E-state index contributed by atoms with van der Waals surface area (Å²) in [5, 5.41) is 1.22. The fraction of sp³-hybridized carbons (Fsp3) is 0.769. The molecule has 2 aliphatic heterocycles. The van der Waals surface area contributed by atoms with Crippen LogP contribution in [0.3, 0.4) is 0 Å². The molecular formula is C13H20N2OS. The minimum atomic E-state index is 0.864. The minimum Gasteiger partial charge on any atom is -0.381 e. The zero-order chi connectivity index (χ0) is 11.7. The predicted molar refractivity (Wildman–Crippen MR) is 70.7 cm³/mol. The molecule has 3 nitrogen and oxygen atoms in total. The molecule has 1 unspecified atom stereocenters. The van der Waals surface area contributed by atoms with Crippen molar-refractivity contribution in [3.8, 4) is 0 Å². The monoisotopic (exact) mass is 252 g/mol. The molecule has 1 aromatic heterocycles. The Morgan fingerprint density at radius 3 is 2.82 bits per heavy atom. The Labute approximate surface area is 107 Å². The second-order valence-electron chi connectivity index (χ2n) is 5.20. The van der Waals surface area contributed by atoms with Crippen molar-refractivity contribution in [3.63, 3.8) is 0 Å². The first-order valence-electron chi connectivity index (χ1n) is 6.58. The lowest BCUT2D eigenvalue weighted by atomic mass is 9.85. The molecule has 0 aromatic carbocycles. The van der Waals surface area contributed by atoms with Crippen molar-refractivity contribution < 1.29 is 4.74 Å². The van der Waals surface area contributed by atoms with Gasteiger partial charge in [0.2, 0.25) is 0 Å². The highest BCUT2D eigenvalue weighted by Gasteiger charge is 2.31. The fourth-order valence-corrected chi connectivity index (χ4v) is 3.82. The molecule has 2 fully saturated rings. The van der Waals surface area contributed by atoms with Gasteiger partial charge in [0, 0.05) is 37.4 Å². The smallest absolute Gasteiger partial charge is 0.185 e. The van der Waals surface area contributed by atoms with Crippen LogP contribution < -0.4 is 4.90 Å². The fourth-order valence-electron chi connectivity index (χ4n) is 3.02. The van der Waals surface area contributed by atoms with Gasteiger partial charge < -0.3 is 9.64 Å². The Kier molecular flexibility index (Phi) is 3.34. The molecular weight excluding hydrogens is 232 g/mol. The van der Waals surface area contributed by atoms with Gasteiger partial charge in [-0.1, -0.05) is 0 Å². The van der Waals surface area contributed by atoms with Crippen LogP contribution in [0, 0.1) is 18.8 Å². The molecule has 2 saturated heterocycles. The lowest BCUT2D eigenvalue weighted by Crippen LogP contribution is -2.26. The van der Waals surface area contributed by atoms with Gasteiger partial charge in [-0.2, -0.15) is 0 Å². The van der Waals surface area contributed by atoms with Gasteiger partial charge in [0.15, 0.2) is 5.13 Å². The van der Waals surface area contributed by atoms with Crippen molar-refractivity contribution in [2.24, 2.45) is 11.8 Å². The van der Waals surface area contributed by atoms with Crippen molar-refractivity contribution in [2.75, 3.05) is 31.2 Å². The number of rotatable bonds is 2. The van der Waals surface area contributed by atoms with E-state index in [1.807, 2.05) is 17.5 Å². The summed E-state index contributed by atoms with van der Waals surface area (Å²) in [4.78, 5) is 8.28. The van der Waals surface area contributed by atoms with Crippen LogP contribution in [-0.4, -0.2) is 31.3 Å². The van der Waals surface area contributed by atoms with Crippen LogP contribution in [0.4, 0.5) is 5.13 Å². The third kappa shape index (κ3) is 2.47. The first-order valence-corrected chi connectivity index (χ1v) is 7.39. The summed E-state index contributed by atoms with van der Waals surface area (Å²) < 4.78 is 5.45. The molecule has 17 heavy (non-hydrogen) atoms. The Morgan fingerprint density at radius 2 is 2.12 bits per heavy atom. The second-order valence-corrected chi connectivity index (χ2v) is 6.41. The molecule has 0 amide bonds. The van der Waals surface area contributed by atoms with Crippen LogP contribution in [0.25, 0.3) is 0 Å². The molecule has 2 aliphatic rings. The average molecular weight is 252 g/mol. The highest BCUT2D eigenvalue weighted by atomic mass is 32.1. The number of aryl methyl sites for hydroxylation is 1. The maximum absolute atomic E-state index is 5.45. The Balaban J connectivity index is 1.61. The molecule has 1 atom stereocenters. The molecule has 3 rings (SSSR count). The number of nitrogens with zero attached hydrogens (tertiary/aromatic N) is 2. The van der Waals surface area contributed by atoms with Crippen molar-refractivity contribution in [1.82, 2.24) is 4.98 Å². The Bertz CT molecular complexity index is 373. The highest BCUT2D eigenvalue weighted by molar-refractivity contribution is 7.15. The number of thiazole rings is 1. The van der Waals surface area contributed by atoms with Gasteiger partial charge in [0.25, 0.3) is 0 Å². The van der Waals surface area contributed by atoms with E-state index in [-0.39, 0.29) is 0 Å². The summed E-state index contributed by atoms with van der Waals surface area (Å²) in [5.74, 6) is 1.75. The van der Waals surface area contributed by atoms with Crippen LogP contribution in [-0.2, 0) is 4.74 Å². The van der Waals surface area contributed by atoms with Crippen molar-refractivity contribution in [1.29, 1.82) is 0 Å². The Hall–Kier alpha value is -0.610. The number of hydrogen-bond acceptors (Lipinski definition) is 4. The predicted octanol–water partition coefficient (Wildman–Crippen LogP) is 2.70. The largest absolute Gasteiger partial charge is 0.381 e. The summed E-state index contributed by atoms with van der Waals surface area (Å²) in [6.45, 7) is 6.47. The maximum Gasteiger partial charge on any atom is 0.185 e. The summed E-state index contributed by atoms with van der Waals surface area (Å²) in [6.07, 6.45) is 5.84. The normalized spacial score (nSPS) is 26.6. The van der Waals surface area contributed by atoms with E-state index < -0.39 is 0 Å². The topological polar surface area (TPSA) is 25.4 Å². The van der Waals surface area contributed by atoms with Gasteiger partial charge in [-0.05, 0) is 38.0 Å². The molecule has 0 spiro atoms. The molecule has 1 aromatic rings. The summed E-state index contributed by atoms with van der Waals surface area (Å²) >= 11 is 1.82. The lowest BCUT2D eigenvalue weighted by molar-refractivity contribution is 0.0500. The minimum absolute atomic E-state index is 0.864. The van der Waals surface area contributed by atoms with E-state index in [1.165, 1.54) is 42.4 Å². The van der Waals surface area contributed by atoms with E-state index in [9.17, 15) is 0 Å². The molecule has 3 heterocycles. The molecule has 94 valence electrons. The van der Waals surface area contributed by atoms with Gasteiger partial charge in [-0.15, -0.1) is 11.3 Å². The van der Waals surface area contributed by atoms with E-state index in [2.05, 4.69) is 16.8 Å². The molecule has 4 heteroatoms. The third-order valence-corrected chi connectivity index (χ3v) is 5.01. The standard InChI is InChI=1S/C13H20N2OS/c1-10-8-14-13(17-10)15-5-2-12(9-15)11-3-6-16-7-4-11/h8,11-12H,2-7,9H2,1H3. The van der Waals surface area contributed by atoms with E-state index >= 15 is 0 Å². The number of anilines is 1. The van der Waals surface area contributed by atoms with Gasteiger partial charge in [0.05, 0.1) is 0 Å². The van der Waals surface area contributed by atoms with E-state index in [0.717, 1.165) is 25.0 Å². The molecule has 0 saturated carbocycles. The molecule has 0 radical (unpaired) electrons. The van der Waals surface area contributed by atoms with Crippen LogP contribution in [0.15, 0.2) is 6.20 Å². The number of hydrogen-bond donors (Lipinski definition) is 0. The maximum atomic E-state index is 5.45. The van der Waals surface area contributed by atoms with E-state index in [1.54, 1.807) is 0 Å².